The highest BCUT2D eigenvalue weighted by molar-refractivity contribution is 7.22. The number of carbonyl (C=O) groups is 1. The van der Waals surface area contributed by atoms with E-state index in [9.17, 15) is 18.0 Å². The minimum atomic E-state index is -4.45. The molecule has 0 atom stereocenters. The number of fused-ring (bicyclic) bond motifs is 1. The number of anilines is 1. The summed E-state index contributed by atoms with van der Waals surface area (Å²) in [7, 11) is 5.33. The molecule has 154 valence electrons. The number of hydrogen-bond acceptors (Lipinski definition) is 5. The van der Waals surface area contributed by atoms with Crippen molar-refractivity contribution in [3.63, 3.8) is 0 Å². The summed E-state index contributed by atoms with van der Waals surface area (Å²) in [6, 6.07) is 9.66. The standard InChI is InChI=1S/C20H20F3N3O2S/c1-25(2)10-11-26(18(27)13-4-6-14(7-5-13)20(21,22)23)19-24-16-9-8-15(28-3)12-17(16)29-19/h4-9,12H,10-11H2,1-3H3. The van der Waals surface area contributed by atoms with Crippen molar-refractivity contribution in [3.8, 4) is 5.75 Å². The number of benzene rings is 2. The van der Waals surface area contributed by atoms with Gasteiger partial charge in [0.05, 0.1) is 22.9 Å². The molecule has 0 N–H and O–H groups in total. The van der Waals surface area contributed by atoms with E-state index >= 15 is 0 Å². The van der Waals surface area contributed by atoms with Gasteiger partial charge in [-0.05, 0) is 56.6 Å². The van der Waals surface area contributed by atoms with Crippen LogP contribution < -0.4 is 9.64 Å². The molecule has 0 aliphatic heterocycles. The lowest BCUT2D eigenvalue weighted by Gasteiger charge is -2.22. The van der Waals surface area contributed by atoms with Crippen LogP contribution in [0.5, 0.6) is 5.75 Å². The fourth-order valence-electron chi connectivity index (χ4n) is 2.68. The Balaban J connectivity index is 1.95. The van der Waals surface area contributed by atoms with E-state index in [0.29, 0.717) is 24.0 Å². The zero-order valence-corrected chi connectivity index (χ0v) is 17.0. The van der Waals surface area contributed by atoms with E-state index in [4.69, 9.17) is 4.74 Å². The Hall–Kier alpha value is -2.65. The van der Waals surface area contributed by atoms with Crippen LogP contribution in [0.15, 0.2) is 42.5 Å². The maximum Gasteiger partial charge on any atom is 0.416 e. The molecule has 0 fully saturated rings. The Morgan fingerprint density at radius 3 is 2.38 bits per heavy atom. The molecule has 0 aliphatic carbocycles. The summed E-state index contributed by atoms with van der Waals surface area (Å²) in [6.07, 6.45) is -4.45. The first-order valence-corrected chi connectivity index (χ1v) is 9.59. The number of halogens is 3. The molecule has 5 nitrogen and oxygen atoms in total. The predicted octanol–water partition coefficient (Wildman–Crippen LogP) is 4.53. The molecule has 0 saturated heterocycles. The molecule has 9 heteroatoms. The third-order valence-corrected chi connectivity index (χ3v) is 5.33. The molecule has 3 rings (SSSR count). The Morgan fingerprint density at radius 2 is 1.79 bits per heavy atom. The van der Waals surface area contributed by atoms with Crippen LogP contribution in [0.25, 0.3) is 10.2 Å². The second-order valence-corrected chi connectivity index (χ2v) is 7.67. The molecule has 0 saturated carbocycles. The van der Waals surface area contributed by atoms with E-state index in [-0.39, 0.29) is 5.56 Å². The smallest absolute Gasteiger partial charge is 0.416 e. The van der Waals surface area contributed by atoms with Crippen molar-refractivity contribution in [1.29, 1.82) is 0 Å². The average Bonchev–Trinajstić information content (AvgIpc) is 3.09. The van der Waals surface area contributed by atoms with Gasteiger partial charge in [0.1, 0.15) is 5.75 Å². The molecule has 0 aliphatic rings. The SMILES string of the molecule is COc1ccc2nc(N(CCN(C)C)C(=O)c3ccc(C(F)(F)F)cc3)sc2c1. The van der Waals surface area contributed by atoms with Crippen molar-refractivity contribution in [2.45, 2.75) is 6.18 Å². The molecular weight excluding hydrogens is 403 g/mol. The lowest BCUT2D eigenvalue weighted by Crippen LogP contribution is -2.36. The number of likely N-dealkylation sites (N-methyl/N-ethyl adjacent to an activating group) is 1. The highest BCUT2D eigenvalue weighted by atomic mass is 32.1. The number of aromatic nitrogens is 1. The molecule has 3 aromatic rings. The normalized spacial score (nSPS) is 11.8. The van der Waals surface area contributed by atoms with Crippen LogP contribution in [0.2, 0.25) is 0 Å². The van der Waals surface area contributed by atoms with Gasteiger partial charge in [0.2, 0.25) is 0 Å². The number of carbonyl (C=O) groups excluding carboxylic acids is 1. The Kier molecular flexibility index (Phi) is 6.09. The zero-order valence-electron chi connectivity index (χ0n) is 16.2. The summed E-state index contributed by atoms with van der Waals surface area (Å²) in [5.41, 5.74) is 0.107. The van der Waals surface area contributed by atoms with Crippen LogP contribution in [0.4, 0.5) is 18.3 Å². The van der Waals surface area contributed by atoms with Gasteiger partial charge in [-0.15, -0.1) is 0 Å². The third-order valence-electron chi connectivity index (χ3n) is 4.29. The largest absolute Gasteiger partial charge is 0.497 e. The molecule has 2 aromatic carbocycles. The Morgan fingerprint density at radius 1 is 1.10 bits per heavy atom. The molecule has 1 aromatic heterocycles. The number of nitrogens with zero attached hydrogens (tertiary/aromatic N) is 3. The third kappa shape index (κ3) is 4.86. The first-order valence-electron chi connectivity index (χ1n) is 8.77. The number of ether oxygens (including phenoxy) is 1. The molecule has 0 radical (unpaired) electrons. The van der Waals surface area contributed by atoms with Gasteiger partial charge in [-0.25, -0.2) is 4.98 Å². The first-order chi connectivity index (χ1) is 13.7. The van der Waals surface area contributed by atoms with Crippen LogP contribution in [0.1, 0.15) is 15.9 Å². The first kappa shape index (κ1) is 21.1. The van der Waals surface area contributed by atoms with Gasteiger partial charge in [0, 0.05) is 18.7 Å². The molecular formula is C20H20F3N3O2S. The lowest BCUT2D eigenvalue weighted by molar-refractivity contribution is -0.137. The van der Waals surface area contributed by atoms with Gasteiger partial charge >= 0.3 is 6.18 Å². The van der Waals surface area contributed by atoms with Crippen molar-refractivity contribution in [2.75, 3.05) is 39.2 Å². The molecule has 0 bridgehead atoms. The van der Waals surface area contributed by atoms with Crippen molar-refractivity contribution in [2.24, 2.45) is 0 Å². The fraction of sp³-hybridized carbons (Fsp3) is 0.300. The number of alkyl halides is 3. The minimum Gasteiger partial charge on any atom is -0.497 e. The zero-order chi connectivity index (χ0) is 21.2. The van der Waals surface area contributed by atoms with E-state index in [0.717, 1.165) is 22.3 Å². The number of methoxy groups -OCH3 is 1. The van der Waals surface area contributed by atoms with Gasteiger partial charge in [-0.2, -0.15) is 13.2 Å². The van der Waals surface area contributed by atoms with Gasteiger partial charge in [0.25, 0.3) is 5.91 Å². The second kappa shape index (κ2) is 8.38. The number of rotatable bonds is 6. The number of thiazole rings is 1. The molecule has 0 spiro atoms. The van der Waals surface area contributed by atoms with Gasteiger partial charge in [-0.1, -0.05) is 11.3 Å². The summed E-state index contributed by atoms with van der Waals surface area (Å²) in [6.45, 7) is 0.926. The van der Waals surface area contributed by atoms with E-state index in [2.05, 4.69) is 4.98 Å². The maximum atomic E-state index is 13.1. The van der Waals surface area contributed by atoms with Gasteiger partial charge in [0.15, 0.2) is 5.13 Å². The van der Waals surface area contributed by atoms with E-state index in [1.165, 1.54) is 28.4 Å². The number of hydrogen-bond donors (Lipinski definition) is 0. The quantitative estimate of drug-likeness (QED) is 0.584. The van der Waals surface area contributed by atoms with E-state index in [1.807, 2.05) is 25.1 Å². The summed E-state index contributed by atoms with van der Waals surface area (Å²) in [5.74, 6) is 0.285. The summed E-state index contributed by atoms with van der Waals surface area (Å²) in [4.78, 5) is 21.0. The van der Waals surface area contributed by atoms with Gasteiger partial charge in [-0.3, -0.25) is 9.69 Å². The highest BCUT2D eigenvalue weighted by Gasteiger charge is 2.30. The molecule has 0 unspecified atom stereocenters. The van der Waals surface area contributed by atoms with Crippen molar-refractivity contribution in [3.05, 3.63) is 53.6 Å². The van der Waals surface area contributed by atoms with Crippen LogP contribution in [-0.4, -0.2) is 50.1 Å². The number of amides is 1. The summed E-state index contributed by atoms with van der Waals surface area (Å²) in [5, 5.41) is 0.486. The minimum absolute atomic E-state index is 0.175. The second-order valence-electron chi connectivity index (χ2n) is 6.67. The fourth-order valence-corrected chi connectivity index (χ4v) is 3.70. The highest BCUT2D eigenvalue weighted by Crippen LogP contribution is 2.33. The molecule has 1 heterocycles. The van der Waals surface area contributed by atoms with Crippen molar-refractivity contribution >= 4 is 32.6 Å². The van der Waals surface area contributed by atoms with Crippen LogP contribution in [0.3, 0.4) is 0 Å². The van der Waals surface area contributed by atoms with Crippen LogP contribution >= 0.6 is 11.3 Å². The molecule has 1 amide bonds. The monoisotopic (exact) mass is 423 g/mol. The summed E-state index contributed by atoms with van der Waals surface area (Å²) < 4.78 is 44.5. The summed E-state index contributed by atoms with van der Waals surface area (Å²) >= 11 is 1.33. The van der Waals surface area contributed by atoms with Gasteiger partial charge < -0.3 is 9.64 Å². The Bertz CT molecular complexity index is 1000. The lowest BCUT2D eigenvalue weighted by atomic mass is 10.1. The van der Waals surface area contributed by atoms with Crippen LogP contribution in [-0.2, 0) is 6.18 Å². The van der Waals surface area contributed by atoms with E-state index in [1.54, 1.807) is 19.2 Å². The average molecular weight is 423 g/mol. The van der Waals surface area contributed by atoms with Crippen LogP contribution in [0, 0.1) is 0 Å². The maximum absolute atomic E-state index is 13.1. The molecule has 29 heavy (non-hydrogen) atoms. The van der Waals surface area contributed by atoms with Crippen molar-refractivity contribution < 1.29 is 22.7 Å². The van der Waals surface area contributed by atoms with E-state index < -0.39 is 17.6 Å². The predicted molar refractivity (Wildman–Crippen MR) is 108 cm³/mol. The Labute approximate surface area is 170 Å². The van der Waals surface area contributed by atoms with Crippen molar-refractivity contribution in [1.82, 2.24) is 9.88 Å². The topological polar surface area (TPSA) is 45.7 Å².